The van der Waals surface area contributed by atoms with Crippen molar-refractivity contribution >= 4 is 15.9 Å². The lowest BCUT2D eigenvalue weighted by molar-refractivity contribution is -0.139. The molecule has 1 saturated carbocycles. The number of hydrogen-bond donors (Lipinski definition) is 1. The van der Waals surface area contributed by atoms with Crippen LogP contribution in [0.15, 0.2) is 59.5 Å². The minimum absolute atomic E-state index is 0.00600. The van der Waals surface area contributed by atoms with E-state index in [1.165, 1.54) is 12.1 Å². The van der Waals surface area contributed by atoms with E-state index in [1.54, 1.807) is 0 Å². The molecule has 1 N–H and O–H groups in total. The number of amides is 1. The van der Waals surface area contributed by atoms with Gasteiger partial charge in [0.2, 0.25) is 15.9 Å². The van der Waals surface area contributed by atoms with Crippen LogP contribution in [0, 0.1) is 11.8 Å². The summed E-state index contributed by atoms with van der Waals surface area (Å²) in [7, 11) is -4.31. The van der Waals surface area contributed by atoms with E-state index >= 15 is 0 Å². The van der Waals surface area contributed by atoms with Crippen LogP contribution in [0.1, 0.15) is 42.9 Å². The molecule has 2 aliphatic rings. The lowest BCUT2D eigenvalue weighted by Gasteiger charge is -2.32. The molecule has 1 unspecified atom stereocenters. The predicted molar refractivity (Wildman–Crippen MR) is 113 cm³/mol. The second-order valence-corrected chi connectivity index (χ2v) is 10.3. The predicted octanol–water partition coefficient (Wildman–Crippen LogP) is 4.37. The Hall–Kier alpha value is -2.39. The highest BCUT2D eigenvalue weighted by molar-refractivity contribution is 7.89. The van der Waals surface area contributed by atoms with Crippen molar-refractivity contribution in [3.05, 3.63) is 65.7 Å². The molecule has 9 heteroatoms. The standard InChI is InChI=1S/C23H25F3N2O3S/c24-23(25,26)19-8-4-5-9-20(19)32(30,31)28-14-12-18(13-15-28)22(29)27-21(17-10-11-17)16-6-2-1-3-7-16/h1-9,17-18,21H,10-15H2,(H,27,29). The molecule has 4 rings (SSSR count). The smallest absolute Gasteiger partial charge is 0.349 e. The third-order valence-corrected chi connectivity index (χ3v) is 8.14. The number of sulfonamides is 1. The molecule has 2 fully saturated rings. The molecule has 32 heavy (non-hydrogen) atoms. The first-order chi connectivity index (χ1) is 15.2. The van der Waals surface area contributed by atoms with E-state index in [2.05, 4.69) is 5.32 Å². The van der Waals surface area contributed by atoms with E-state index in [-0.39, 0.29) is 43.8 Å². The second-order valence-electron chi connectivity index (χ2n) is 8.41. The third kappa shape index (κ3) is 4.83. The third-order valence-electron chi connectivity index (χ3n) is 6.18. The van der Waals surface area contributed by atoms with Crippen molar-refractivity contribution in [3.8, 4) is 0 Å². The van der Waals surface area contributed by atoms with Gasteiger partial charge in [-0.05, 0) is 49.3 Å². The molecule has 2 aromatic rings. The molecule has 1 aliphatic heterocycles. The average molecular weight is 467 g/mol. The Bertz CT molecular complexity index is 1060. The van der Waals surface area contributed by atoms with Crippen LogP contribution in [0.4, 0.5) is 13.2 Å². The first-order valence-corrected chi connectivity index (χ1v) is 12.1. The Morgan fingerprint density at radius 2 is 1.53 bits per heavy atom. The lowest BCUT2D eigenvalue weighted by Crippen LogP contribution is -2.44. The van der Waals surface area contributed by atoms with Crippen LogP contribution in [0.3, 0.4) is 0 Å². The number of nitrogens with one attached hydrogen (secondary N) is 1. The Morgan fingerprint density at radius 3 is 2.12 bits per heavy atom. The average Bonchev–Trinajstić information content (AvgIpc) is 3.63. The van der Waals surface area contributed by atoms with Gasteiger partial charge < -0.3 is 5.32 Å². The zero-order valence-electron chi connectivity index (χ0n) is 17.4. The van der Waals surface area contributed by atoms with Crippen LogP contribution in [0.25, 0.3) is 0 Å². The maximum Gasteiger partial charge on any atom is 0.417 e. The molecule has 1 saturated heterocycles. The minimum Gasteiger partial charge on any atom is -0.349 e. The van der Waals surface area contributed by atoms with Crippen molar-refractivity contribution < 1.29 is 26.4 Å². The van der Waals surface area contributed by atoms with Crippen LogP contribution in [-0.2, 0) is 21.0 Å². The van der Waals surface area contributed by atoms with Crippen LogP contribution >= 0.6 is 0 Å². The fourth-order valence-corrected chi connectivity index (χ4v) is 5.94. The molecule has 0 spiro atoms. The lowest BCUT2D eigenvalue weighted by atomic mass is 9.95. The normalized spacial score (nSPS) is 19.5. The summed E-state index contributed by atoms with van der Waals surface area (Å²) in [5.41, 5.74) is -0.123. The van der Waals surface area contributed by atoms with Gasteiger partial charge in [-0.15, -0.1) is 0 Å². The number of piperidine rings is 1. The summed E-state index contributed by atoms with van der Waals surface area (Å²) in [6.45, 7) is 0.0120. The fourth-order valence-electron chi connectivity index (χ4n) is 4.26. The Kier molecular flexibility index (Phi) is 6.31. The van der Waals surface area contributed by atoms with Gasteiger partial charge in [0, 0.05) is 19.0 Å². The molecule has 1 aliphatic carbocycles. The van der Waals surface area contributed by atoms with Gasteiger partial charge in [0.25, 0.3) is 0 Å². The number of carbonyl (C=O) groups is 1. The number of hydrogen-bond acceptors (Lipinski definition) is 3. The van der Waals surface area contributed by atoms with Gasteiger partial charge in [-0.3, -0.25) is 4.79 Å². The molecule has 0 radical (unpaired) electrons. The summed E-state index contributed by atoms with van der Waals surface area (Å²) in [5, 5.41) is 3.12. The summed E-state index contributed by atoms with van der Waals surface area (Å²) in [6, 6.07) is 13.9. The minimum atomic E-state index is -4.77. The molecule has 1 atom stereocenters. The monoisotopic (exact) mass is 466 g/mol. The molecule has 172 valence electrons. The van der Waals surface area contributed by atoms with Gasteiger partial charge in [-0.2, -0.15) is 17.5 Å². The zero-order valence-corrected chi connectivity index (χ0v) is 18.2. The topological polar surface area (TPSA) is 66.5 Å². The van der Waals surface area contributed by atoms with Gasteiger partial charge in [-0.25, -0.2) is 8.42 Å². The summed E-state index contributed by atoms with van der Waals surface area (Å²) < 4.78 is 66.8. The molecule has 0 aromatic heterocycles. The van der Waals surface area contributed by atoms with Gasteiger partial charge in [0.15, 0.2) is 0 Å². The Labute approximate surface area is 185 Å². The molecule has 1 heterocycles. The second kappa shape index (κ2) is 8.86. The highest BCUT2D eigenvalue weighted by Gasteiger charge is 2.41. The maximum atomic E-state index is 13.3. The van der Waals surface area contributed by atoms with Crippen molar-refractivity contribution in [2.45, 2.75) is 42.8 Å². The number of alkyl halides is 3. The molecule has 2 aromatic carbocycles. The van der Waals surface area contributed by atoms with E-state index < -0.39 is 26.7 Å². The quantitative estimate of drug-likeness (QED) is 0.688. The van der Waals surface area contributed by atoms with Crippen LogP contribution < -0.4 is 5.32 Å². The van der Waals surface area contributed by atoms with E-state index in [4.69, 9.17) is 0 Å². The largest absolute Gasteiger partial charge is 0.417 e. The first-order valence-electron chi connectivity index (χ1n) is 10.7. The number of carbonyl (C=O) groups excluding carboxylic acids is 1. The van der Waals surface area contributed by atoms with Crippen LogP contribution in [-0.4, -0.2) is 31.7 Å². The van der Waals surface area contributed by atoms with Crippen molar-refractivity contribution in [3.63, 3.8) is 0 Å². The fraction of sp³-hybridized carbons (Fsp3) is 0.435. The molecule has 5 nitrogen and oxygen atoms in total. The summed E-state index contributed by atoms with van der Waals surface area (Å²) >= 11 is 0. The van der Waals surface area contributed by atoms with Crippen molar-refractivity contribution in [1.82, 2.24) is 9.62 Å². The summed E-state index contributed by atoms with van der Waals surface area (Å²) in [6.07, 6.45) is -2.13. The van der Waals surface area contributed by atoms with E-state index in [0.29, 0.717) is 5.92 Å². The molecular formula is C23H25F3N2O3S. The highest BCUT2D eigenvalue weighted by atomic mass is 32.2. The van der Waals surface area contributed by atoms with E-state index in [0.717, 1.165) is 34.8 Å². The summed E-state index contributed by atoms with van der Waals surface area (Å²) in [4.78, 5) is 12.2. The highest BCUT2D eigenvalue weighted by Crippen LogP contribution is 2.41. The van der Waals surface area contributed by atoms with Crippen molar-refractivity contribution in [2.75, 3.05) is 13.1 Å². The van der Waals surface area contributed by atoms with E-state index in [9.17, 15) is 26.4 Å². The van der Waals surface area contributed by atoms with Gasteiger partial charge in [-0.1, -0.05) is 42.5 Å². The molecule has 1 amide bonds. The van der Waals surface area contributed by atoms with Gasteiger partial charge >= 0.3 is 6.18 Å². The molecule has 0 bridgehead atoms. The van der Waals surface area contributed by atoms with Gasteiger partial charge in [0.1, 0.15) is 0 Å². The Balaban J connectivity index is 1.42. The number of halogens is 3. The number of nitrogens with zero attached hydrogens (tertiary/aromatic N) is 1. The summed E-state index contributed by atoms with van der Waals surface area (Å²) in [5.74, 6) is -0.0940. The Morgan fingerprint density at radius 1 is 0.938 bits per heavy atom. The number of benzene rings is 2. The molecular weight excluding hydrogens is 441 g/mol. The van der Waals surface area contributed by atoms with E-state index in [1.807, 2.05) is 30.3 Å². The maximum absolute atomic E-state index is 13.3. The first kappa shape index (κ1) is 22.8. The van der Waals surface area contributed by atoms with Crippen molar-refractivity contribution in [1.29, 1.82) is 0 Å². The van der Waals surface area contributed by atoms with Crippen molar-refractivity contribution in [2.24, 2.45) is 11.8 Å². The zero-order chi connectivity index (χ0) is 22.9. The van der Waals surface area contributed by atoms with Crippen LogP contribution in [0.5, 0.6) is 0 Å². The van der Waals surface area contributed by atoms with Crippen LogP contribution in [0.2, 0.25) is 0 Å². The van der Waals surface area contributed by atoms with Gasteiger partial charge in [0.05, 0.1) is 16.5 Å². The SMILES string of the molecule is O=C(NC(c1ccccc1)C1CC1)C1CCN(S(=O)(=O)c2ccccc2C(F)(F)F)CC1. The number of rotatable bonds is 6.